The van der Waals surface area contributed by atoms with Gasteiger partial charge in [0.1, 0.15) is 0 Å². The fourth-order valence-electron chi connectivity index (χ4n) is 2.29. The highest BCUT2D eigenvalue weighted by atomic mass is 16.5. The second kappa shape index (κ2) is 6.58. The highest BCUT2D eigenvalue weighted by Gasteiger charge is 2.26. The third kappa shape index (κ3) is 4.19. The molecular weight excluding hydrogens is 272 g/mol. The van der Waals surface area contributed by atoms with Crippen molar-refractivity contribution in [1.82, 2.24) is 4.90 Å². The number of urea groups is 1. The van der Waals surface area contributed by atoms with E-state index in [2.05, 4.69) is 5.32 Å². The summed E-state index contributed by atoms with van der Waals surface area (Å²) in [6.45, 7) is 5.02. The number of hydrogen-bond acceptors (Lipinski definition) is 3. The third-order valence-corrected chi connectivity index (χ3v) is 3.46. The van der Waals surface area contributed by atoms with Gasteiger partial charge < -0.3 is 20.1 Å². The van der Waals surface area contributed by atoms with E-state index >= 15 is 0 Å². The van der Waals surface area contributed by atoms with Gasteiger partial charge >= 0.3 is 12.0 Å². The molecule has 0 aliphatic carbocycles. The molecular formula is C15H20N2O4. The molecule has 6 nitrogen and oxygen atoms in total. The molecule has 114 valence electrons. The van der Waals surface area contributed by atoms with Gasteiger partial charge in [0.05, 0.1) is 19.1 Å². The summed E-state index contributed by atoms with van der Waals surface area (Å²) in [5, 5.41) is 11.7. The number of aliphatic carboxylic acids is 1. The fraction of sp³-hybridized carbons (Fsp3) is 0.467. The van der Waals surface area contributed by atoms with Crippen LogP contribution in [0.15, 0.2) is 18.2 Å². The minimum absolute atomic E-state index is 0.0900. The number of carboxylic acids is 1. The molecule has 6 heteroatoms. The maximum absolute atomic E-state index is 12.3. The van der Waals surface area contributed by atoms with Crippen LogP contribution >= 0.6 is 0 Å². The Morgan fingerprint density at radius 1 is 1.43 bits per heavy atom. The predicted octanol–water partition coefficient (Wildman–Crippen LogP) is 2.01. The summed E-state index contributed by atoms with van der Waals surface area (Å²) >= 11 is 0. The SMILES string of the molecule is Cc1ccc(C)c(NC(=O)N2CCOC(CC(=O)O)C2)c1. The van der Waals surface area contributed by atoms with Crippen LogP contribution < -0.4 is 5.32 Å². The summed E-state index contributed by atoms with van der Waals surface area (Å²) in [6.07, 6.45) is -0.534. The monoisotopic (exact) mass is 292 g/mol. The van der Waals surface area contributed by atoms with Crippen LogP contribution in [0.4, 0.5) is 10.5 Å². The van der Waals surface area contributed by atoms with Crippen LogP contribution in [0.5, 0.6) is 0 Å². The first-order chi connectivity index (χ1) is 9.95. The Kier molecular flexibility index (Phi) is 4.80. The number of morpholine rings is 1. The Morgan fingerprint density at radius 2 is 2.19 bits per heavy atom. The molecule has 1 aromatic rings. The molecule has 0 saturated carbocycles. The predicted molar refractivity (Wildman–Crippen MR) is 78.5 cm³/mol. The van der Waals surface area contributed by atoms with E-state index in [1.807, 2.05) is 32.0 Å². The number of hydrogen-bond donors (Lipinski definition) is 2. The van der Waals surface area contributed by atoms with Crippen molar-refractivity contribution in [2.75, 3.05) is 25.0 Å². The van der Waals surface area contributed by atoms with Crippen molar-refractivity contribution >= 4 is 17.7 Å². The second-order valence-electron chi connectivity index (χ2n) is 5.29. The molecule has 0 radical (unpaired) electrons. The Hall–Kier alpha value is -2.08. The molecule has 2 N–H and O–H groups in total. The molecule has 1 unspecified atom stereocenters. The van der Waals surface area contributed by atoms with Gasteiger partial charge in [-0.1, -0.05) is 12.1 Å². The Labute approximate surface area is 123 Å². The number of carboxylic acid groups (broad SMARTS) is 1. The maximum atomic E-state index is 12.3. The smallest absolute Gasteiger partial charge is 0.322 e. The van der Waals surface area contributed by atoms with Crippen molar-refractivity contribution < 1.29 is 19.4 Å². The van der Waals surface area contributed by atoms with Gasteiger partial charge in [-0.05, 0) is 31.0 Å². The maximum Gasteiger partial charge on any atom is 0.322 e. The normalized spacial score (nSPS) is 18.4. The van der Waals surface area contributed by atoms with Crippen molar-refractivity contribution in [2.24, 2.45) is 0 Å². The Balaban J connectivity index is 1.99. The average Bonchev–Trinajstić information content (AvgIpc) is 2.42. The molecule has 2 amide bonds. The minimum atomic E-state index is -0.920. The zero-order chi connectivity index (χ0) is 15.4. The van der Waals surface area contributed by atoms with Crippen LogP contribution in [0.25, 0.3) is 0 Å². The van der Waals surface area contributed by atoms with Crippen LogP contribution in [0.3, 0.4) is 0 Å². The second-order valence-corrected chi connectivity index (χ2v) is 5.29. The van der Waals surface area contributed by atoms with Crippen LogP contribution in [-0.2, 0) is 9.53 Å². The average molecular weight is 292 g/mol. The van der Waals surface area contributed by atoms with Gasteiger partial charge in [0.15, 0.2) is 0 Å². The molecule has 0 spiro atoms. The van der Waals surface area contributed by atoms with E-state index in [0.29, 0.717) is 19.7 Å². The zero-order valence-corrected chi connectivity index (χ0v) is 12.3. The summed E-state index contributed by atoms with van der Waals surface area (Å²) in [5.41, 5.74) is 2.84. The van der Waals surface area contributed by atoms with Crippen molar-refractivity contribution in [3.8, 4) is 0 Å². The molecule has 1 aliphatic heterocycles. The summed E-state index contributed by atoms with van der Waals surface area (Å²) in [4.78, 5) is 24.6. The number of aryl methyl sites for hydroxylation is 2. The largest absolute Gasteiger partial charge is 0.481 e. The molecule has 2 rings (SSSR count). The van der Waals surface area contributed by atoms with Crippen LogP contribution in [0.2, 0.25) is 0 Å². The quantitative estimate of drug-likeness (QED) is 0.893. The number of carbonyl (C=O) groups excluding carboxylic acids is 1. The topological polar surface area (TPSA) is 78.9 Å². The van der Waals surface area contributed by atoms with Crippen LogP contribution in [0, 0.1) is 13.8 Å². The number of nitrogens with one attached hydrogen (secondary N) is 1. The van der Waals surface area contributed by atoms with Gasteiger partial charge in [-0.2, -0.15) is 0 Å². The standard InChI is InChI=1S/C15H20N2O4/c1-10-3-4-11(2)13(7-10)16-15(20)17-5-6-21-12(9-17)8-14(18)19/h3-4,7,12H,5-6,8-9H2,1-2H3,(H,16,20)(H,18,19). The summed E-state index contributed by atoms with van der Waals surface area (Å²) < 4.78 is 5.36. The lowest BCUT2D eigenvalue weighted by Crippen LogP contribution is -2.48. The van der Waals surface area contributed by atoms with Crippen molar-refractivity contribution in [3.63, 3.8) is 0 Å². The van der Waals surface area contributed by atoms with Crippen molar-refractivity contribution in [2.45, 2.75) is 26.4 Å². The molecule has 0 bridgehead atoms. The molecule has 1 aliphatic rings. The molecule has 1 fully saturated rings. The number of benzene rings is 1. The van der Waals surface area contributed by atoms with E-state index in [0.717, 1.165) is 16.8 Å². The summed E-state index contributed by atoms with van der Waals surface area (Å²) in [6, 6.07) is 5.64. The molecule has 21 heavy (non-hydrogen) atoms. The Bertz CT molecular complexity index is 544. The van der Waals surface area contributed by atoms with E-state index in [1.165, 1.54) is 0 Å². The minimum Gasteiger partial charge on any atom is -0.481 e. The van der Waals surface area contributed by atoms with Gasteiger partial charge in [0.2, 0.25) is 0 Å². The first-order valence-electron chi connectivity index (χ1n) is 6.92. The number of rotatable bonds is 3. The van der Waals surface area contributed by atoms with E-state index in [9.17, 15) is 9.59 Å². The molecule has 0 aromatic heterocycles. The van der Waals surface area contributed by atoms with E-state index < -0.39 is 12.1 Å². The lowest BCUT2D eigenvalue weighted by molar-refractivity contribution is -0.141. The van der Waals surface area contributed by atoms with E-state index in [-0.39, 0.29) is 12.5 Å². The summed E-state index contributed by atoms with van der Waals surface area (Å²) in [7, 11) is 0. The first kappa shape index (κ1) is 15.3. The van der Waals surface area contributed by atoms with Gasteiger partial charge in [-0.25, -0.2) is 4.79 Å². The zero-order valence-electron chi connectivity index (χ0n) is 12.3. The fourth-order valence-corrected chi connectivity index (χ4v) is 2.29. The molecule has 1 heterocycles. The van der Waals surface area contributed by atoms with E-state index in [1.54, 1.807) is 4.90 Å². The van der Waals surface area contributed by atoms with Gasteiger partial charge in [0, 0.05) is 18.8 Å². The first-order valence-corrected chi connectivity index (χ1v) is 6.92. The number of carbonyl (C=O) groups is 2. The highest BCUT2D eigenvalue weighted by molar-refractivity contribution is 5.90. The number of amides is 2. The lowest BCUT2D eigenvalue weighted by Gasteiger charge is -2.32. The highest BCUT2D eigenvalue weighted by Crippen LogP contribution is 2.18. The lowest BCUT2D eigenvalue weighted by atomic mass is 10.1. The molecule has 1 atom stereocenters. The van der Waals surface area contributed by atoms with Gasteiger partial charge in [0.25, 0.3) is 0 Å². The van der Waals surface area contributed by atoms with Crippen LogP contribution in [0.1, 0.15) is 17.5 Å². The van der Waals surface area contributed by atoms with Crippen molar-refractivity contribution in [1.29, 1.82) is 0 Å². The number of ether oxygens (including phenoxy) is 1. The third-order valence-electron chi connectivity index (χ3n) is 3.46. The van der Waals surface area contributed by atoms with Crippen LogP contribution in [-0.4, -0.2) is 47.8 Å². The Morgan fingerprint density at radius 3 is 2.90 bits per heavy atom. The van der Waals surface area contributed by atoms with E-state index in [4.69, 9.17) is 9.84 Å². The number of anilines is 1. The number of nitrogens with zero attached hydrogens (tertiary/aromatic N) is 1. The van der Waals surface area contributed by atoms with Gasteiger partial charge in [-0.15, -0.1) is 0 Å². The summed E-state index contributed by atoms with van der Waals surface area (Å²) in [5.74, 6) is -0.920. The molecule has 1 aromatic carbocycles. The molecule has 1 saturated heterocycles. The van der Waals surface area contributed by atoms with Gasteiger partial charge in [-0.3, -0.25) is 4.79 Å². The van der Waals surface area contributed by atoms with Crippen molar-refractivity contribution in [3.05, 3.63) is 29.3 Å².